The van der Waals surface area contributed by atoms with Crippen molar-refractivity contribution >= 4 is 23.3 Å². The van der Waals surface area contributed by atoms with E-state index in [0.717, 1.165) is 26.2 Å². The van der Waals surface area contributed by atoms with Gasteiger partial charge in [0.25, 0.3) is 0 Å². The van der Waals surface area contributed by atoms with Crippen LogP contribution in [0.4, 0.5) is 10.5 Å². The summed E-state index contributed by atoms with van der Waals surface area (Å²) < 4.78 is 0.307. The van der Waals surface area contributed by atoms with Gasteiger partial charge < -0.3 is 0 Å². The minimum atomic E-state index is -0.0277. The summed E-state index contributed by atoms with van der Waals surface area (Å²) in [6.45, 7) is 4.08. The largest absolute Gasteiger partial charge is 0.420 e. The maximum Gasteiger partial charge on any atom is 0.420 e. The summed E-state index contributed by atoms with van der Waals surface area (Å²) in [7, 11) is 3.88. The molecular formula is C16H25ClN3O+. The van der Waals surface area contributed by atoms with E-state index in [1.54, 1.807) is 6.07 Å². The van der Waals surface area contributed by atoms with Crippen molar-refractivity contribution in [2.24, 2.45) is 0 Å². The van der Waals surface area contributed by atoms with E-state index in [9.17, 15) is 4.79 Å². The molecular weight excluding hydrogens is 286 g/mol. The Bertz CT molecular complexity index is 484. The molecule has 0 saturated carbocycles. The van der Waals surface area contributed by atoms with E-state index in [2.05, 4.69) is 10.2 Å². The fourth-order valence-electron chi connectivity index (χ4n) is 2.51. The summed E-state index contributed by atoms with van der Waals surface area (Å²) in [5.41, 5.74) is 0.674. The average Bonchev–Trinajstić information content (AvgIpc) is 2.48. The molecule has 5 heteroatoms. The topological polar surface area (TPSA) is 32.3 Å². The molecule has 0 bridgehead atoms. The van der Waals surface area contributed by atoms with E-state index in [4.69, 9.17) is 11.6 Å². The zero-order valence-electron chi connectivity index (χ0n) is 12.9. The number of para-hydroxylation sites is 1. The minimum Gasteiger partial charge on any atom is -0.298 e. The first kappa shape index (κ1) is 16.3. The number of carbonyl (C=O) groups excluding carboxylic acids is 1. The smallest absolute Gasteiger partial charge is 0.298 e. The lowest BCUT2D eigenvalue weighted by Crippen LogP contribution is -2.52. The molecule has 1 heterocycles. The first-order valence-corrected chi connectivity index (χ1v) is 7.98. The summed E-state index contributed by atoms with van der Waals surface area (Å²) in [5, 5.41) is 3.49. The van der Waals surface area contributed by atoms with Crippen LogP contribution in [0.3, 0.4) is 0 Å². The van der Waals surface area contributed by atoms with Crippen molar-refractivity contribution in [3.8, 4) is 0 Å². The van der Waals surface area contributed by atoms with Crippen LogP contribution in [0, 0.1) is 0 Å². The number of benzene rings is 1. The second-order valence-corrected chi connectivity index (χ2v) is 6.63. The van der Waals surface area contributed by atoms with E-state index in [1.165, 1.54) is 19.3 Å². The Morgan fingerprint density at radius 1 is 1.24 bits per heavy atom. The van der Waals surface area contributed by atoms with Gasteiger partial charge in [-0.1, -0.05) is 30.2 Å². The van der Waals surface area contributed by atoms with Crippen molar-refractivity contribution in [2.75, 3.05) is 45.6 Å². The van der Waals surface area contributed by atoms with Gasteiger partial charge in [0.1, 0.15) is 0 Å². The Morgan fingerprint density at radius 2 is 1.90 bits per heavy atom. The number of rotatable bonds is 4. The second kappa shape index (κ2) is 7.25. The van der Waals surface area contributed by atoms with Crippen LogP contribution in [-0.2, 0) is 0 Å². The predicted octanol–water partition coefficient (Wildman–Crippen LogP) is 3.43. The molecule has 2 amide bonds. The number of carbonyl (C=O) groups is 1. The number of hydrogen-bond donors (Lipinski definition) is 1. The number of piperidine rings is 1. The lowest BCUT2D eigenvalue weighted by Gasteiger charge is -2.32. The van der Waals surface area contributed by atoms with E-state index in [1.807, 2.05) is 32.3 Å². The van der Waals surface area contributed by atoms with Gasteiger partial charge in [0.15, 0.2) is 0 Å². The molecule has 116 valence electrons. The molecule has 1 N–H and O–H groups in total. The zero-order valence-corrected chi connectivity index (χ0v) is 13.7. The van der Waals surface area contributed by atoms with Crippen LogP contribution >= 0.6 is 11.6 Å². The van der Waals surface area contributed by atoms with Gasteiger partial charge in [-0.3, -0.25) is 10.2 Å². The van der Waals surface area contributed by atoms with Crippen LogP contribution in [0.25, 0.3) is 0 Å². The fourth-order valence-corrected chi connectivity index (χ4v) is 2.69. The number of anilines is 1. The highest BCUT2D eigenvalue weighted by atomic mass is 35.5. The van der Waals surface area contributed by atoms with Gasteiger partial charge in [-0.25, -0.2) is 9.28 Å². The second-order valence-electron chi connectivity index (χ2n) is 6.22. The molecule has 2 rings (SSSR count). The zero-order chi connectivity index (χ0) is 15.3. The standard InChI is InChI=1S/C16H24ClN3O/c1-20(2,13-12-19-10-6-3-7-11-19)16(21)18-15-9-5-4-8-14(15)17/h4-5,8-9H,3,6-7,10-13H2,1-2H3/p+1. The van der Waals surface area contributed by atoms with Gasteiger partial charge in [0.05, 0.1) is 31.4 Å². The Hall–Kier alpha value is -1.10. The Morgan fingerprint density at radius 3 is 2.57 bits per heavy atom. The molecule has 1 aliphatic rings. The lowest BCUT2D eigenvalue weighted by molar-refractivity contribution is -0.806. The van der Waals surface area contributed by atoms with Crippen LogP contribution in [0.5, 0.6) is 0 Å². The summed E-state index contributed by atoms with van der Waals surface area (Å²) in [5.74, 6) is 0. The third-order valence-corrected chi connectivity index (χ3v) is 4.42. The highest BCUT2D eigenvalue weighted by molar-refractivity contribution is 6.33. The lowest BCUT2D eigenvalue weighted by atomic mass is 10.1. The van der Waals surface area contributed by atoms with Gasteiger partial charge in [-0.2, -0.15) is 0 Å². The quantitative estimate of drug-likeness (QED) is 0.864. The fraction of sp³-hybridized carbons (Fsp3) is 0.562. The van der Waals surface area contributed by atoms with Crippen LogP contribution in [0.15, 0.2) is 24.3 Å². The number of likely N-dealkylation sites (N-methyl/N-ethyl adjacent to an activating group) is 1. The van der Waals surface area contributed by atoms with Gasteiger partial charge in [0, 0.05) is 6.54 Å². The third kappa shape index (κ3) is 4.70. The van der Waals surface area contributed by atoms with Gasteiger partial charge in [-0.15, -0.1) is 0 Å². The third-order valence-electron chi connectivity index (χ3n) is 4.09. The van der Waals surface area contributed by atoms with Crippen molar-refractivity contribution in [2.45, 2.75) is 19.3 Å². The molecule has 0 atom stereocenters. The number of hydrogen-bond acceptors (Lipinski definition) is 2. The summed E-state index contributed by atoms with van der Waals surface area (Å²) in [6, 6.07) is 7.31. The van der Waals surface area contributed by atoms with Gasteiger partial charge >= 0.3 is 6.03 Å². The number of likely N-dealkylation sites (tertiary alicyclic amines) is 1. The van der Waals surface area contributed by atoms with E-state index >= 15 is 0 Å². The molecule has 21 heavy (non-hydrogen) atoms. The van der Waals surface area contributed by atoms with Gasteiger partial charge in [-0.05, 0) is 38.1 Å². The van der Waals surface area contributed by atoms with E-state index in [-0.39, 0.29) is 6.03 Å². The number of amides is 2. The molecule has 1 aliphatic heterocycles. The molecule has 1 fully saturated rings. The van der Waals surface area contributed by atoms with Crippen molar-refractivity contribution in [3.63, 3.8) is 0 Å². The van der Waals surface area contributed by atoms with Crippen molar-refractivity contribution in [3.05, 3.63) is 29.3 Å². The Kier molecular flexibility index (Phi) is 5.62. The minimum absolute atomic E-state index is 0.0277. The molecule has 4 nitrogen and oxygen atoms in total. The number of nitrogens with one attached hydrogen (secondary N) is 1. The van der Waals surface area contributed by atoms with Crippen molar-refractivity contribution < 1.29 is 9.28 Å². The van der Waals surface area contributed by atoms with E-state index < -0.39 is 0 Å². The number of urea groups is 1. The van der Waals surface area contributed by atoms with Gasteiger partial charge in [0.2, 0.25) is 0 Å². The molecule has 1 aromatic rings. The summed E-state index contributed by atoms with van der Waals surface area (Å²) in [6.07, 6.45) is 3.89. The van der Waals surface area contributed by atoms with Crippen LogP contribution in [0.1, 0.15) is 19.3 Å². The maximum absolute atomic E-state index is 12.4. The highest BCUT2D eigenvalue weighted by Gasteiger charge is 2.28. The summed E-state index contributed by atoms with van der Waals surface area (Å²) in [4.78, 5) is 14.9. The average molecular weight is 311 g/mol. The van der Waals surface area contributed by atoms with Crippen LogP contribution < -0.4 is 5.32 Å². The first-order valence-electron chi connectivity index (χ1n) is 7.60. The molecule has 1 saturated heterocycles. The van der Waals surface area contributed by atoms with Crippen molar-refractivity contribution in [1.82, 2.24) is 4.90 Å². The first-order chi connectivity index (χ1) is 9.99. The van der Waals surface area contributed by atoms with E-state index in [0.29, 0.717) is 15.2 Å². The summed E-state index contributed by atoms with van der Waals surface area (Å²) >= 11 is 6.09. The molecule has 1 aromatic carbocycles. The highest BCUT2D eigenvalue weighted by Crippen LogP contribution is 2.21. The van der Waals surface area contributed by atoms with Crippen LogP contribution in [-0.4, -0.2) is 55.7 Å². The normalized spacial score (nSPS) is 16.7. The number of nitrogens with zero attached hydrogens (tertiary/aromatic N) is 2. The molecule has 0 spiro atoms. The Labute approximate surface area is 132 Å². The monoisotopic (exact) mass is 310 g/mol. The Balaban J connectivity index is 1.88. The van der Waals surface area contributed by atoms with Crippen LogP contribution in [0.2, 0.25) is 5.02 Å². The SMILES string of the molecule is C[N+](C)(CCN1CCCCC1)C(=O)Nc1ccccc1Cl. The maximum atomic E-state index is 12.4. The predicted molar refractivity (Wildman–Crippen MR) is 87.7 cm³/mol. The number of halogens is 1. The number of quaternary nitrogens is 1. The molecule has 0 radical (unpaired) electrons. The molecule has 0 aliphatic carbocycles. The molecule has 0 unspecified atom stereocenters. The molecule has 0 aromatic heterocycles. The van der Waals surface area contributed by atoms with Crippen molar-refractivity contribution in [1.29, 1.82) is 0 Å².